The Morgan fingerprint density at radius 3 is 2.69 bits per heavy atom. The third-order valence-electron chi connectivity index (χ3n) is 7.10. The average molecular weight is 514 g/mol. The third-order valence-corrected chi connectivity index (χ3v) is 8.49. The quantitative estimate of drug-likeness (QED) is 0.439. The highest BCUT2D eigenvalue weighted by atomic mass is 28.3. The van der Waals surface area contributed by atoms with Crippen LogP contribution in [0.15, 0.2) is 6.20 Å². The van der Waals surface area contributed by atoms with Gasteiger partial charge in [-0.3, -0.25) is 0 Å². The first-order valence-electron chi connectivity index (χ1n) is 12.8. The molecule has 2 fully saturated rings. The lowest BCUT2D eigenvalue weighted by Gasteiger charge is -2.45. The molecule has 196 valence electrons. The molecular formula is C25H39N7O3Si. The van der Waals surface area contributed by atoms with Gasteiger partial charge in [0.25, 0.3) is 0 Å². The Morgan fingerprint density at radius 2 is 2.06 bits per heavy atom. The Labute approximate surface area is 214 Å². The van der Waals surface area contributed by atoms with E-state index in [-0.39, 0.29) is 17.6 Å². The van der Waals surface area contributed by atoms with Crippen LogP contribution in [0, 0.1) is 23.7 Å². The highest BCUT2D eigenvalue weighted by Gasteiger charge is 2.51. The fourth-order valence-corrected chi connectivity index (χ4v) is 5.82. The highest BCUT2D eigenvalue weighted by Crippen LogP contribution is 2.55. The Hall–Kier alpha value is -2.84. The minimum Gasteiger partial charge on any atom is -0.444 e. The van der Waals surface area contributed by atoms with Gasteiger partial charge in [0.1, 0.15) is 35.5 Å². The molecule has 3 heterocycles. The molecular weight excluding hydrogens is 474 g/mol. The second-order valence-corrected chi connectivity index (χ2v) is 15.1. The molecule has 1 saturated heterocycles. The number of nitriles is 1. The first kappa shape index (κ1) is 26.2. The molecule has 0 atom stereocenters. The van der Waals surface area contributed by atoms with Crippen molar-refractivity contribution in [3.63, 3.8) is 0 Å². The Bertz CT molecular complexity index is 1150. The van der Waals surface area contributed by atoms with Gasteiger partial charge in [-0.05, 0) is 58.4 Å². The van der Waals surface area contributed by atoms with Gasteiger partial charge in [-0.1, -0.05) is 13.1 Å². The molecule has 1 saturated carbocycles. The topological polar surface area (TPSA) is 124 Å². The number of hydrogen-bond donors (Lipinski definition) is 1. The van der Waals surface area contributed by atoms with Crippen LogP contribution >= 0.6 is 0 Å². The van der Waals surface area contributed by atoms with E-state index in [2.05, 4.69) is 24.3 Å². The second kappa shape index (κ2) is 9.90. The van der Waals surface area contributed by atoms with Crippen molar-refractivity contribution in [3.05, 3.63) is 17.5 Å². The molecule has 0 unspecified atom stereocenters. The number of aryl methyl sites for hydroxylation is 1. The van der Waals surface area contributed by atoms with E-state index in [0.717, 1.165) is 43.2 Å². The Morgan fingerprint density at radius 1 is 1.33 bits per heavy atom. The Balaban J connectivity index is 1.44. The highest BCUT2D eigenvalue weighted by molar-refractivity contribution is 6.55. The van der Waals surface area contributed by atoms with Gasteiger partial charge in [0, 0.05) is 40.3 Å². The van der Waals surface area contributed by atoms with Crippen LogP contribution in [-0.2, 0) is 16.2 Å². The van der Waals surface area contributed by atoms with Gasteiger partial charge in [-0.15, -0.1) is 0 Å². The van der Waals surface area contributed by atoms with Crippen LogP contribution in [0.4, 0.5) is 10.6 Å². The van der Waals surface area contributed by atoms with Gasteiger partial charge in [-0.2, -0.15) is 15.5 Å². The van der Waals surface area contributed by atoms with Crippen LogP contribution in [0.25, 0.3) is 11.3 Å². The molecule has 10 nitrogen and oxygen atoms in total. The summed E-state index contributed by atoms with van der Waals surface area (Å²) in [4.78, 5) is 14.3. The number of rotatable bonds is 7. The number of carbonyl (C=O) groups excluding carboxylic acids is 1. The maximum Gasteiger partial charge on any atom is 0.410 e. The first-order chi connectivity index (χ1) is 16.9. The minimum atomic E-state index is -0.643. The van der Waals surface area contributed by atoms with Crippen LogP contribution in [0.2, 0.25) is 19.1 Å². The number of carbonyl (C=O) groups is 1. The van der Waals surface area contributed by atoms with E-state index in [1.807, 2.05) is 38.8 Å². The summed E-state index contributed by atoms with van der Waals surface area (Å²) >= 11 is 0. The van der Waals surface area contributed by atoms with Gasteiger partial charge in [-0.25, -0.2) is 14.2 Å². The lowest BCUT2D eigenvalue weighted by molar-refractivity contribution is 0.0188. The molecule has 36 heavy (non-hydrogen) atoms. The van der Waals surface area contributed by atoms with Crippen LogP contribution in [-0.4, -0.2) is 64.6 Å². The van der Waals surface area contributed by atoms with E-state index in [0.29, 0.717) is 36.9 Å². The number of aromatic nitrogens is 4. The van der Waals surface area contributed by atoms with Gasteiger partial charge >= 0.3 is 6.09 Å². The molecule has 2 aromatic rings. The lowest BCUT2D eigenvalue weighted by atomic mass is 9.65. The molecule has 2 aliphatic rings. The number of nitrogens with zero attached hydrogens (tertiary/aromatic N) is 6. The number of likely N-dealkylation sites (tertiary alicyclic amines) is 1. The molecule has 2 N–H and O–H groups in total. The monoisotopic (exact) mass is 513 g/mol. The first-order valence-corrected chi connectivity index (χ1v) is 15.9. The van der Waals surface area contributed by atoms with E-state index in [1.165, 1.54) is 0 Å². The lowest BCUT2D eigenvalue weighted by Crippen LogP contribution is -2.43. The van der Waals surface area contributed by atoms with Gasteiger partial charge in [0.15, 0.2) is 0 Å². The van der Waals surface area contributed by atoms with Crippen molar-refractivity contribution in [1.82, 2.24) is 24.5 Å². The smallest absolute Gasteiger partial charge is 0.410 e. The van der Waals surface area contributed by atoms with Crippen LogP contribution < -0.4 is 5.73 Å². The molecule has 1 aliphatic heterocycles. The summed E-state index contributed by atoms with van der Waals surface area (Å²) in [6, 6.07) is 3.48. The number of ether oxygens (including phenoxy) is 2. The van der Waals surface area contributed by atoms with Gasteiger partial charge in [0.05, 0.1) is 11.7 Å². The molecule has 0 aromatic carbocycles. The predicted molar refractivity (Wildman–Crippen MR) is 140 cm³/mol. The minimum absolute atomic E-state index is 0.0594. The van der Waals surface area contributed by atoms with Crippen molar-refractivity contribution in [2.75, 3.05) is 25.4 Å². The van der Waals surface area contributed by atoms with Crippen LogP contribution in [0.1, 0.15) is 57.3 Å². The molecule has 1 amide bonds. The fraction of sp³-hybridized carbons (Fsp3) is 0.680. The molecule has 0 radical (unpaired) electrons. The van der Waals surface area contributed by atoms with Gasteiger partial charge < -0.3 is 20.1 Å². The molecule has 1 spiro atoms. The molecule has 2 aromatic heterocycles. The molecule has 4 rings (SSSR count). The summed E-state index contributed by atoms with van der Waals surface area (Å²) in [6.07, 6.45) is 4.31. The van der Waals surface area contributed by atoms with E-state index in [9.17, 15) is 10.1 Å². The number of nitrogen functional groups attached to an aromatic ring is 1. The standard InChI is InChI=1S/C25H39N7O3Si/c1-17-20(14-31(28-17)16-34-9-10-36(5)6)21-19(13-26)22(27)32(29-21)18-11-25(12-18)7-8-30(15-25)23(33)35-24(2,3)4/h14,18,36H,7-12,15-16,27H2,1-6H3/t18-,25-. The van der Waals surface area contributed by atoms with Crippen molar-refractivity contribution >= 4 is 20.7 Å². The predicted octanol–water partition coefficient (Wildman–Crippen LogP) is 3.93. The zero-order chi connectivity index (χ0) is 26.3. The van der Waals surface area contributed by atoms with E-state index in [1.54, 1.807) is 9.36 Å². The normalized spacial score (nSPS) is 21.7. The Kier molecular flexibility index (Phi) is 7.21. The summed E-state index contributed by atoms with van der Waals surface area (Å²) in [5, 5.41) is 19.2. The van der Waals surface area contributed by atoms with Crippen LogP contribution in [0.3, 0.4) is 0 Å². The van der Waals surface area contributed by atoms with Crippen molar-refractivity contribution in [1.29, 1.82) is 5.26 Å². The summed E-state index contributed by atoms with van der Waals surface area (Å²) < 4.78 is 14.9. The average Bonchev–Trinajstić information content (AvgIpc) is 3.44. The number of amides is 1. The van der Waals surface area contributed by atoms with E-state index in [4.69, 9.17) is 20.3 Å². The molecule has 11 heteroatoms. The maximum atomic E-state index is 12.5. The summed E-state index contributed by atoms with van der Waals surface area (Å²) in [5.74, 6) is 0.389. The summed E-state index contributed by atoms with van der Waals surface area (Å²) in [5.41, 5.74) is 8.51. The number of nitrogens with two attached hydrogens (primary N) is 1. The second-order valence-electron chi connectivity index (χ2n) is 11.8. The SMILES string of the molecule is Cc1nn(COCC[SiH](C)C)cc1-c1nn([C@H]2C[C@@]3(CCN(C(=O)OC(C)(C)C)C3)C2)c(N)c1C#N. The van der Waals surface area contributed by atoms with Crippen molar-refractivity contribution < 1.29 is 14.3 Å². The van der Waals surface area contributed by atoms with E-state index >= 15 is 0 Å². The van der Waals surface area contributed by atoms with Gasteiger partial charge in [0.2, 0.25) is 0 Å². The zero-order valence-electron chi connectivity index (χ0n) is 22.4. The fourth-order valence-electron chi connectivity index (χ4n) is 5.18. The number of hydrogen-bond acceptors (Lipinski definition) is 7. The summed E-state index contributed by atoms with van der Waals surface area (Å²) in [6.45, 7) is 14.7. The number of anilines is 1. The zero-order valence-corrected chi connectivity index (χ0v) is 23.5. The maximum absolute atomic E-state index is 12.5. The largest absolute Gasteiger partial charge is 0.444 e. The van der Waals surface area contributed by atoms with Crippen molar-refractivity contribution in [2.24, 2.45) is 5.41 Å². The summed E-state index contributed by atoms with van der Waals surface area (Å²) in [7, 11) is -0.643. The van der Waals surface area contributed by atoms with Crippen molar-refractivity contribution in [2.45, 2.75) is 84.5 Å². The van der Waals surface area contributed by atoms with E-state index < -0.39 is 14.4 Å². The molecule has 1 aliphatic carbocycles. The van der Waals surface area contributed by atoms with Crippen LogP contribution in [0.5, 0.6) is 0 Å². The molecule has 0 bridgehead atoms. The third kappa shape index (κ3) is 5.44. The van der Waals surface area contributed by atoms with Crippen molar-refractivity contribution in [3.8, 4) is 17.3 Å².